The molecule has 188 valence electrons. The van der Waals surface area contributed by atoms with Crippen LogP contribution < -0.4 is 15.8 Å². The minimum atomic E-state index is -0.110. The summed E-state index contributed by atoms with van der Waals surface area (Å²) in [6.07, 6.45) is 7.69. The Kier molecular flexibility index (Phi) is 7.79. The van der Waals surface area contributed by atoms with E-state index in [1.807, 2.05) is 18.2 Å². The average molecular weight is 486 g/mol. The van der Waals surface area contributed by atoms with Gasteiger partial charge in [-0.25, -0.2) is 4.98 Å². The number of ether oxygens (including phenoxy) is 1. The Morgan fingerprint density at radius 2 is 1.78 bits per heavy atom. The first-order chi connectivity index (χ1) is 17.7. The number of anilines is 2. The molecule has 3 heterocycles. The predicted octanol–water partition coefficient (Wildman–Crippen LogP) is 4.05. The third kappa shape index (κ3) is 6.04. The van der Waals surface area contributed by atoms with Gasteiger partial charge in [-0.15, -0.1) is 0 Å². The highest BCUT2D eigenvalue weighted by Gasteiger charge is 2.21. The first-order valence-corrected chi connectivity index (χ1v) is 12.9. The Morgan fingerprint density at radius 1 is 1.03 bits per heavy atom. The third-order valence-electron chi connectivity index (χ3n) is 6.94. The minimum absolute atomic E-state index is 0.110. The summed E-state index contributed by atoms with van der Waals surface area (Å²) in [6.45, 7) is 8.35. The van der Waals surface area contributed by atoms with Crippen LogP contribution in [0, 0.1) is 0 Å². The molecule has 36 heavy (non-hydrogen) atoms. The summed E-state index contributed by atoms with van der Waals surface area (Å²) in [6, 6.07) is 18.8. The highest BCUT2D eigenvalue weighted by molar-refractivity contribution is 5.54. The van der Waals surface area contributed by atoms with E-state index in [4.69, 9.17) is 4.74 Å². The van der Waals surface area contributed by atoms with Gasteiger partial charge < -0.3 is 15.0 Å². The summed E-state index contributed by atoms with van der Waals surface area (Å²) in [5.74, 6) is 0.424. The molecule has 0 saturated carbocycles. The van der Waals surface area contributed by atoms with Crippen LogP contribution in [-0.2, 0) is 4.74 Å². The molecule has 2 aliphatic rings. The van der Waals surface area contributed by atoms with Crippen molar-refractivity contribution in [2.45, 2.75) is 25.8 Å². The van der Waals surface area contributed by atoms with Gasteiger partial charge in [-0.2, -0.15) is 0 Å². The van der Waals surface area contributed by atoms with Gasteiger partial charge >= 0.3 is 0 Å². The van der Waals surface area contributed by atoms with Crippen LogP contribution in [0.4, 0.5) is 11.5 Å². The first kappa shape index (κ1) is 24.3. The number of aromatic nitrogens is 2. The molecule has 2 aliphatic heterocycles. The zero-order valence-corrected chi connectivity index (χ0v) is 21.0. The van der Waals surface area contributed by atoms with Crippen LogP contribution in [0.15, 0.2) is 77.4 Å². The van der Waals surface area contributed by atoms with Crippen LogP contribution in [0.25, 0.3) is 11.8 Å². The van der Waals surface area contributed by atoms with Gasteiger partial charge in [0.2, 0.25) is 0 Å². The SMILES string of the molecule is C/C(=C\c1ccccc1)CN1CCC(Nc2nccn(-c3cccc(N4CCOCC4)c3)c2=O)CC1. The van der Waals surface area contributed by atoms with Crippen LogP contribution in [0.2, 0.25) is 0 Å². The second kappa shape index (κ2) is 11.5. The van der Waals surface area contributed by atoms with E-state index in [2.05, 4.69) is 69.5 Å². The summed E-state index contributed by atoms with van der Waals surface area (Å²) >= 11 is 0. The molecule has 0 unspecified atom stereocenters. The average Bonchev–Trinajstić information content (AvgIpc) is 2.92. The Hall–Kier alpha value is -3.42. The fraction of sp³-hybridized carbons (Fsp3) is 0.379. The fourth-order valence-corrected chi connectivity index (χ4v) is 5.04. The van der Waals surface area contributed by atoms with Crippen LogP contribution >= 0.6 is 0 Å². The van der Waals surface area contributed by atoms with Gasteiger partial charge in [0.25, 0.3) is 5.56 Å². The maximum absolute atomic E-state index is 13.3. The monoisotopic (exact) mass is 485 g/mol. The molecule has 0 bridgehead atoms. The first-order valence-electron chi connectivity index (χ1n) is 12.9. The van der Waals surface area contributed by atoms with Crippen LogP contribution in [0.3, 0.4) is 0 Å². The number of hydrogen-bond acceptors (Lipinski definition) is 6. The van der Waals surface area contributed by atoms with Crippen LogP contribution in [0.1, 0.15) is 25.3 Å². The van der Waals surface area contributed by atoms with Gasteiger partial charge in [-0.05, 0) is 43.5 Å². The second-order valence-electron chi connectivity index (χ2n) is 9.67. The van der Waals surface area contributed by atoms with Gasteiger partial charge in [0, 0.05) is 56.8 Å². The van der Waals surface area contributed by atoms with Gasteiger partial charge in [0.1, 0.15) is 0 Å². The summed E-state index contributed by atoms with van der Waals surface area (Å²) in [4.78, 5) is 22.5. The summed E-state index contributed by atoms with van der Waals surface area (Å²) in [7, 11) is 0. The number of likely N-dealkylation sites (tertiary alicyclic amines) is 1. The lowest BCUT2D eigenvalue weighted by Gasteiger charge is -2.32. The minimum Gasteiger partial charge on any atom is -0.378 e. The highest BCUT2D eigenvalue weighted by atomic mass is 16.5. The molecule has 0 atom stereocenters. The highest BCUT2D eigenvalue weighted by Crippen LogP contribution is 2.20. The van der Waals surface area contributed by atoms with Crippen molar-refractivity contribution < 1.29 is 4.74 Å². The van der Waals surface area contributed by atoms with Crippen molar-refractivity contribution in [1.82, 2.24) is 14.5 Å². The molecule has 2 fully saturated rings. The quantitative estimate of drug-likeness (QED) is 0.545. The van der Waals surface area contributed by atoms with E-state index in [0.29, 0.717) is 5.82 Å². The number of piperidine rings is 1. The van der Waals surface area contributed by atoms with E-state index in [9.17, 15) is 4.79 Å². The fourth-order valence-electron chi connectivity index (χ4n) is 5.04. The standard InChI is InChI=1S/C29H35N5O2/c1-23(20-24-6-3-2-4-7-24)22-32-13-10-25(11-14-32)31-28-29(35)34(15-12-30-28)27-9-5-8-26(21-27)33-16-18-36-19-17-33/h2-9,12,15,20-21,25H,10-11,13-14,16-19,22H2,1H3,(H,30,31)/b23-20+. The maximum atomic E-state index is 13.3. The Bertz CT molecular complexity index is 1230. The molecule has 7 nitrogen and oxygen atoms in total. The molecule has 5 rings (SSSR count). The third-order valence-corrected chi connectivity index (χ3v) is 6.94. The normalized spacial score (nSPS) is 17.8. The Morgan fingerprint density at radius 3 is 2.56 bits per heavy atom. The summed E-state index contributed by atoms with van der Waals surface area (Å²) in [5.41, 5.74) is 4.46. The number of benzene rings is 2. The molecular formula is C29H35N5O2. The molecule has 0 radical (unpaired) electrons. The van der Waals surface area contributed by atoms with Crippen molar-refractivity contribution in [1.29, 1.82) is 0 Å². The van der Waals surface area contributed by atoms with Gasteiger partial charge in [0.05, 0.1) is 18.9 Å². The van der Waals surface area contributed by atoms with E-state index >= 15 is 0 Å². The lowest BCUT2D eigenvalue weighted by atomic mass is 10.0. The van der Waals surface area contributed by atoms with Crippen LogP contribution in [0.5, 0.6) is 0 Å². The molecule has 1 N–H and O–H groups in total. The molecule has 1 aromatic heterocycles. The van der Waals surface area contributed by atoms with Gasteiger partial charge in [-0.1, -0.05) is 48.0 Å². The lowest BCUT2D eigenvalue weighted by Crippen LogP contribution is -2.41. The summed E-state index contributed by atoms with van der Waals surface area (Å²) in [5, 5.41) is 3.44. The molecule has 2 saturated heterocycles. The molecule has 3 aromatic rings. The number of rotatable bonds is 7. The molecule has 7 heteroatoms. The van der Waals surface area contributed by atoms with Crippen molar-refractivity contribution >= 4 is 17.6 Å². The molecule has 2 aromatic carbocycles. The van der Waals surface area contributed by atoms with Crippen molar-refractivity contribution in [3.05, 3.63) is 88.5 Å². The molecule has 0 aliphatic carbocycles. The van der Waals surface area contributed by atoms with E-state index in [1.54, 1.807) is 17.0 Å². The van der Waals surface area contributed by atoms with Crippen molar-refractivity contribution in [3.63, 3.8) is 0 Å². The number of nitrogens with zero attached hydrogens (tertiary/aromatic N) is 4. The molecular weight excluding hydrogens is 450 g/mol. The maximum Gasteiger partial charge on any atom is 0.297 e. The lowest BCUT2D eigenvalue weighted by molar-refractivity contribution is 0.122. The Labute approximate surface area is 213 Å². The van der Waals surface area contributed by atoms with Crippen molar-refractivity contribution in [2.75, 3.05) is 56.2 Å². The zero-order chi connectivity index (χ0) is 24.7. The number of morpholine rings is 1. The van der Waals surface area contributed by atoms with E-state index < -0.39 is 0 Å². The van der Waals surface area contributed by atoms with Gasteiger partial charge in [-0.3, -0.25) is 14.3 Å². The van der Waals surface area contributed by atoms with E-state index in [0.717, 1.165) is 70.2 Å². The summed E-state index contributed by atoms with van der Waals surface area (Å²) < 4.78 is 7.16. The van der Waals surface area contributed by atoms with E-state index in [-0.39, 0.29) is 11.6 Å². The zero-order valence-electron chi connectivity index (χ0n) is 21.0. The van der Waals surface area contributed by atoms with Crippen molar-refractivity contribution in [2.24, 2.45) is 0 Å². The smallest absolute Gasteiger partial charge is 0.297 e. The molecule has 0 amide bonds. The molecule has 0 spiro atoms. The Balaban J connectivity index is 1.20. The number of nitrogens with one attached hydrogen (secondary N) is 1. The number of hydrogen-bond donors (Lipinski definition) is 1. The predicted molar refractivity (Wildman–Crippen MR) is 146 cm³/mol. The second-order valence-corrected chi connectivity index (χ2v) is 9.67. The largest absolute Gasteiger partial charge is 0.378 e. The van der Waals surface area contributed by atoms with E-state index in [1.165, 1.54) is 11.1 Å². The van der Waals surface area contributed by atoms with Gasteiger partial charge in [0.15, 0.2) is 5.82 Å². The van der Waals surface area contributed by atoms with Crippen molar-refractivity contribution in [3.8, 4) is 5.69 Å². The van der Waals surface area contributed by atoms with Crippen LogP contribution in [-0.4, -0.2) is 66.4 Å². The topological polar surface area (TPSA) is 62.6 Å².